The zero-order valence-electron chi connectivity index (χ0n) is 9.23. The molecule has 1 nitrogen and oxygen atoms in total. The first-order valence-electron chi connectivity index (χ1n) is 5.23. The molecule has 0 radical (unpaired) electrons. The Balaban J connectivity index is 2.37. The molecule has 1 aliphatic carbocycles. The second kappa shape index (κ2) is 3.77. The number of benzene rings is 1. The molecule has 1 aromatic rings. The first-order chi connectivity index (χ1) is 7.34. The van der Waals surface area contributed by atoms with Gasteiger partial charge in [-0.15, -0.1) is 0 Å². The van der Waals surface area contributed by atoms with E-state index in [1.807, 2.05) is 0 Å². The molecule has 2 unspecified atom stereocenters. The first-order valence-corrected chi connectivity index (χ1v) is 6.03. The SMILES string of the molecule is CC1(C)CC1C(N)c1c(F)ccc(Br)c1F. The van der Waals surface area contributed by atoms with Crippen molar-refractivity contribution in [3.05, 3.63) is 33.8 Å². The van der Waals surface area contributed by atoms with E-state index in [0.29, 0.717) is 0 Å². The minimum atomic E-state index is -0.574. The summed E-state index contributed by atoms with van der Waals surface area (Å²) in [6.45, 7) is 4.12. The van der Waals surface area contributed by atoms with Crippen LogP contribution in [0.5, 0.6) is 0 Å². The molecule has 0 amide bonds. The highest BCUT2D eigenvalue weighted by Gasteiger charge is 2.50. The fraction of sp³-hybridized carbons (Fsp3) is 0.500. The van der Waals surface area contributed by atoms with E-state index in [-0.39, 0.29) is 21.4 Å². The number of halogens is 3. The lowest BCUT2D eigenvalue weighted by molar-refractivity contribution is 0.450. The van der Waals surface area contributed by atoms with Crippen molar-refractivity contribution in [2.45, 2.75) is 26.3 Å². The van der Waals surface area contributed by atoms with Crippen molar-refractivity contribution in [2.24, 2.45) is 17.1 Å². The molecule has 0 spiro atoms. The molecule has 16 heavy (non-hydrogen) atoms. The monoisotopic (exact) mass is 289 g/mol. The summed E-state index contributed by atoms with van der Waals surface area (Å²) in [6, 6.07) is 2.05. The van der Waals surface area contributed by atoms with Gasteiger partial charge in [0.25, 0.3) is 0 Å². The molecule has 2 atom stereocenters. The van der Waals surface area contributed by atoms with E-state index in [9.17, 15) is 8.78 Å². The van der Waals surface area contributed by atoms with E-state index in [4.69, 9.17) is 5.73 Å². The molecule has 0 saturated heterocycles. The first kappa shape index (κ1) is 12.0. The average Bonchev–Trinajstić information content (AvgIpc) is 2.82. The lowest BCUT2D eigenvalue weighted by Crippen LogP contribution is -2.19. The Morgan fingerprint density at radius 3 is 2.50 bits per heavy atom. The standard InChI is InChI=1S/C12H14BrF2N/c1-12(2)5-6(12)11(16)9-8(14)4-3-7(13)10(9)15/h3-4,6,11H,5,16H2,1-2H3. The van der Waals surface area contributed by atoms with Gasteiger partial charge in [0.15, 0.2) is 0 Å². The maximum atomic E-state index is 13.8. The van der Waals surface area contributed by atoms with Gasteiger partial charge in [-0.25, -0.2) is 8.78 Å². The van der Waals surface area contributed by atoms with Gasteiger partial charge in [-0.3, -0.25) is 0 Å². The zero-order chi connectivity index (χ0) is 12.1. The molecular formula is C12H14BrF2N. The summed E-state index contributed by atoms with van der Waals surface area (Å²) in [5.41, 5.74) is 6.05. The Bertz CT molecular complexity index is 431. The summed E-state index contributed by atoms with van der Waals surface area (Å²) in [4.78, 5) is 0. The van der Waals surface area contributed by atoms with E-state index in [1.54, 1.807) is 0 Å². The summed E-state index contributed by atoms with van der Waals surface area (Å²) < 4.78 is 27.6. The van der Waals surface area contributed by atoms with Gasteiger partial charge in [0.05, 0.1) is 4.47 Å². The molecule has 2 rings (SSSR count). The molecule has 4 heteroatoms. The maximum absolute atomic E-state index is 13.8. The summed E-state index contributed by atoms with van der Waals surface area (Å²) in [7, 11) is 0. The van der Waals surface area contributed by atoms with Crippen molar-refractivity contribution in [2.75, 3.05) is 0 Å². The summed E-state index contributed by atoms with van der Waals surface area (Å²) in [6.07, 6.45) is 0.916. The van der Waals surface area contributed by atoms with Crippen LogP contribution in [0.2, 0.25) is 0 Å². The number of hydrogen-bond donors (Lipinski definition) is 1. The molecule has 0 bridgehead atoms. The molecular weight excluding hydrogens is 276 g/mol. The van der Waals surface area contributed by atoms with Crippen molar-refractivity contribution >= 4 is 15.9 Å². The van der Waals surface area contributed by atoms with Crippen molar-refractivity contribution in [1.82, 2.24) is 0 Å². The number of hydrogen-bond acceptors (Lipinski definition) is 1. The fourth-order valence-corrected chi connectivity index (χ4v) is 2.52. The topological polar surface area (TPSA) is 26.0 Å². The van der Waals surface area contributed by atoms with Crippen LogP contribution in [0.1, 0.15) is 31.9 Å². The Kier molecular flexibility index (Phi) is 2.83. The van der Waals surface area contributed by atoms with Gasteiger partial charge in [-0.05, 0) is 45.8 Å². The molecule has 0 aromatic heterocycles. The molecule has 2 N–H and O–H groups in total. The van der Waals surface area contributed by atoms with Crippen molar-refractivity contribution < 1.29 is 8.78 Å². The van der Waals surface area contributed by atoms with Crippen molar-refractivity contribution in [3.63, 3.8) is 0 Å². The zero-order valence-corrected chi connectivity index (χ0v) is 10.8. The van der Waals surface area contributed by atoms with E-state index in [0.717, 1.165) is 6.42 Å². The fourth-order valence-electron chi connectivity index (χ4n) is 2.17. The van der Waals surface area contributed by atoms with E-state index in [1.165, 1.54) is 12.1 Å². The molecule has 1 fully saturated rings. The lowest BCUT2D eigenvalue weighted by Gasteiger charge is -2.16. The van der Waals surface area contributed by atoms with Crippen LogP contribution in [0.25, 0.3) is 0 Å². The average molecular weight is 290 g/mol. The van der Waals surface area contributed by atoms with Crippen LogP contribution in [0.15, 0.2) is 16.6 Å². The Morgan fingerprint density at radius 2 is 2.00 bits per heavy atom. The van der Waals surface area contributed by atoms with Gasteiger partial charge in [-0.2, -0.15) is 0 Å². The van der Waals surface area contributed by atoms with Gasteiger partial charge in [-0.1, -0.05) is 13.8 Å². The quantitative estimate of drug-likeness (QED) is 0.824. The van der Waals surface area contributed by atoms with Gasteiger partial charge < -0.3 is 5.73 Å². The van der Waals surface area contributed by atoms with Gasteiger partial charge in [0.1, 0.15) is 11.6 Å². The molecule has 88 valence electrons. The molecule has 0 aliphatic heterocycles. The van der Waals surface area contributed by atoms with Crippen LogP contribution < -0.4 is 5.73 Å². The lowest BCUT2D eigenvalue weighted by atomic mass is 9.97. The molecule has 1 saturated carbocycles. The highest BCUT2D eigenvalue weighted by molar-refractivity contribution is 9.10. The highest BCUT2D eigenvalue weighted by Crippen LogP contribution is 2.57. The van der Waals surface area contributed by atoms with Gasteiger partial charge in [0.2, 0.25) is 0 Å². The number of nitrogens with two attached hydrogens (primary N) is 1. The van der Waals surface area contributed by atoms with Gasteiger partial charge >= 0.3 is 0 Å². The van der Waals surface area contributed by atoms with E-state index in [2.05, 4.69) is 29.8 Å². The van der Waals surface area contributed by atoms with Crippen molar-refractivity contribution in [3.8, 4) is 0 Å². The second-order valence-electron chi connectivity index (χ2n) is 5.08. The largest absolute Gasteiger partial charge is 0.324 e. The highest BCUT2D eigenvalue weighted by atomic mass is 79.9. The summed E-state index contributed by atoms with van der Waals surface area (Å²) in [5.74, 6) is -0.975. The molecule has 1 aromatic carbocycles. The molecule has 1 aliphatic rings. The Labute approximate surface area is 102 Å². The smallest absolute Gasteiger partial charge is 0.145 e. The van der Waals surface area contributed by atoms with Gasteiger partial charge in [0, 0.05) is 11.6 Å². The Hall–Kier alpha value is -0.480. The third-order valence-electron chi connectivity index (χ3n) is 3.44. The summed E-state index contributed by atoms with van der Waals surface area (Å²) in [5, 5.41) is 0. The maximum Gasteiger partial charge on any atom is 0.145 e. The second-order valence-corrected chi connectivity index (χ2v) is 5.94. The van der Waals surface area contributed by atoms with Crippen LogP contribution >= 0.6 is 15.9 Å². The van der Waals surface area contributed by atoms with Crippen molar-refractivity contribution in [1.29, 1.82) is 0 Å². The normalized spacial score (nSPS) is 24.2. The van der Waals surface area contributed by atoms with Crippen LogP contribution in [0.3, 0.4) is 0 Å². The third-order valence-corrected chi connectivity index (χ3v) is 4.05. The minimum Gasteiger partial charge on any atom is -0.324 e. The summed E-state index contributed by atoms with van der Waals surface area (Å²) >= 11 is 3.05. The van der Waals surface area contributed by atoms with Crippen LogP contribution in [0, 0.1) is 23.0 Å². The van der Waals surface area contributed by atoms with Crippen LogP contribution in [-0.2, 0) is 0 Å². The predicted molar refractivity (Wildman–Crippen MR) is 62.9 cm³/mol. The number of rotatable bonds is 2. The van der Waals surface area contributed by atoms with E-state index < -0.39 is 17.7 Å². The van der Waals surface area contributed by atoms with Crippen LogP contribution in [-0.4, -0.2) is 0 Å². The Morgan fingerprint density at radius 1 is 1.44 bits per heavy atom. The predicted octanol–water partition coefficient (Wildman–Crippen LogP) is 3.77. The van der Waals surface area contributed by atoms with Crippen LogP contribution in [0.4, 0.5) is 8.78 Å². The molecule has 0 heterocycles. The third kappa shape index (κ3) is 1.89. The minimum absolute atomic E-state index is 0.00458. The van der Waals surface area contributed by atoms with E-state index >= 15 is 0 Å².